The molecule has 20 heavy (non-hydrogen) atoms. The zero-order valence-corrected chi connectivity index (χ0v) is 12.0. The summed E-state index contributed by atoms with van der Waals surface area (Å²) >= 11 is 0. The molecule has 1 amide bonds. The monoisotopic (exact) mass is 274 g/mol. The van der Waals surface area contributed by atoms with Crippen LogP contribution >= 0.6 is 0 Å². The number of ether oxygens (including phenoxy) is 1. The van der Waals surface area contributed by atoms with Crippen LogP contribution in [0.4, 0.5) is 5.69 Å². The fourth-order valence-electron chi connectivity index (χ4n) is 3.14. The maximum Gasteiger partial charge on any atom is 0.245 e. The first-order valence-electron chi connectivity index (χ1n) is 7.41. The molecule has 4 heteroatoms. The van der Waals surface area contributed by atoms with Crippen molar-refractivity contribution in [2.24, 2.45) is 5.92 Å². The highest BCUT2D eigenvalue weighted by molar-refractivity contribution is 5.87. The SMILES string of the molecule is CN(CC1CCCOC1)C(=O)C1Cc2ccccc2N1. The molecule has 2 aliphatic rings. The minimum Gasteiger partial charge on any atom is -0.381 e. The fraction of sp³-hybridized carbons (Fsp3) is 0.562. The van der Waals surface area contributed by atoms with Gasteiger partial charge < -0.3 is 15.0 Å². The molecule has 3 rings (SSSR count). The normalized spacial score (nSPS) is 24.9. The zero-order chi connectivity index (χ0) is 13.9. The predicted molar refractivity (Wildman–Crippen MR) is 78.7 cm³/mol. The van der Waals surface area contributed by atoms with Crippen LogP contribution in [-0.2, 0) is 16.0 Å². The zero-order valence-electron chi connectivity index (χ0n) is 12.0. The van der Waals surface area contributed by atoms with Gasteiger partial charge in [0, 0.05) is 32.3 Å². The Morgan fingerprint density at radius 2 is 2.30 bits per heavy atom. The molecular weight excluding hydrogens is 252 g/mol. The number of rotatable bonds is 3. The molecule has 1 aromatic carbocycles. The first-order valence-corrected chi connectivity index (χ1v) is 7.41. The smallest absolute Gasteiger partial charge is 0.245 e. The summed E-state index contributed by atoms with van der Waals surface area (Å²) in [5, 5.41) is 3.33. The maximum absolute atomic E-state index is 12.5. The van der Waals surface area contributed by atoms with Crippen molar-refractivity contribution in [3.05, 3.63) is 29.8 Å². The largest absolute Gasteiger partial charge is 0.381 e. The number of amides is 1. The van der Waals surface area contributed by atoms with Gasteiger partial charge >= 0.3 is 0 Å². The number of benzene rings is 1. The van der Waals surface area contributed by atoms with E-state index in [0.717, 1.165) is 44.7 Å². The van der Waals surface area contributed by atoms with Crippen molar-refractivity contribution in [3.63, 3.8) is 0 Å². The highest BCUT2D eigenvalue weighted by atomic mass is 16.5. The lowest BCUT2D eigenvalue weighted by Crippen LogP contribution is -2.43. The Bertz CT molecular complexity index is 458. The number of fused-ring (bicyclic) bond motifs is 1. The summed E-state index contributed by atoms with van der Waals surface area (Å²) in [6, 6.07) is 8.04. The molecule has 1 aromatic rings. The van der Waals surface area contributed by atoms with E-state index in [1.54, 1.807) is 0 Å². The van der Waals surface area contributed by atoms with E-state index in [-0.39, 0.29) is 11.9 Å². The van der Waals surface area contributed by atoms with Gasteiger partial charge in [-0.05, 0) is 30.4 Å². The summed E-state index contributed by atoms with van der Waals surface area (Å²) in [7, 11) is 1.90. The van der Waals surface area contributed by atoms with Crippen LogP contribution in [0.2, 0.25) is 0 Å². The Kier molecular flexibility index (Phi) is 3.92. The summed E-state index contributed by atoms with van der Waals surface area (Å²) in [5.74, 6) is 0.674. The van der Waals surface area contributed by atoms with Gasteiger partial charge in [-0.1, -0.05) is 18.2 Å². The van der Waals surface area contributed by atoms with E-state index < -0.39 is 0 Å². The number of carbonyl (C=O) groups is 1. The van der Waals surface area contributed by atoms with Crippen LogP contribution in [0.5, 0.6) is 0 Å². The Hall–Kier alpha value is -1.55. The van der Waals surface area contributed by atoms with Crippen molar-refractivity contribution >= 4 is 11.6 Å². The second-order valence-corrected chi connectivity index (χ2v) is 5.86. The average Bonchev–Trinajstić information content (AvgIpc) is 2.91. The van der Waals surface area contributed by atoms with Gasteiger partial charge in [0.1, 0.15) is 6.04 Å². The highest BCUT2D eigenvalue weighted by Gasteiger charge is 2.29. The van der Waals surface area contributed by atoms with Crippen molar-refractivity contribution < 1.29 is 9.53 Å². The van der Waals surface area contributed by atoms with Crippen molar-refractivity contribution in [2.45, 2.75) is 25.3 Å². The van der Waals surface area contributed by atoms with Gasteiger partial charge in [-0.15, -0.1) is 0 Å². The molecule has 2 unspecified atom stereocenters. The Labute approximate surface area is 120 Å². The molecule has 108 valence electrons. The predicted octanol–water partition coefficient (Wildman–Crippen LogP) is 1.91. The number of hydrogen-bond acceptors (Lipinski definition) is 3. The third-order valence-electron chi connectivity index (χ3n) is 4.23. The molecule has 2 atom stereocenters. The third-order valence-corrected chi connectivity index (χ3v) is 4.23. The number of likely N-dealkylation sites (N-methyl/N-ethyl adjacent to an activating group) is 1. The number of carbonyl (C=O) groups excluding carboxylic acids is 1. The third kappa shape index (κ3) is 2.80. The molecule has 1 fully saturated rings. The van der Waals surface area contributed by atoms with E-state index >= 15 is 0 Å². The molecule has 4 nitrogen and oxygen atoms in total. The number of nitrogens with one attached hydrogen (secondary N) is 1. The topological polar surface area (TPSA) is 41.6 Å². The van der Waals surface area contributed by atoms with Gasteiger partial charge in [0.25, 0.3) is 0 Å². The van der Waals surface area contributed by atoms with Crippen LogP contribution in [-0.4, -0.2) is 43.7 Å². The quantitative estimate of drug-likeness (QED) is 0.915. The minimum atomic E-state index is -0.109. The van der Waals surface area contributed by atoms with Gasteiger partial charge in [-0.25, -0.2) is 0 Å². The molecule has 0 spiro atoms. The van der Waals surface area contributed by atoms with E-state index in [1.165, 1.54) is 5.56 Å². The van der Waals surface area contributed by atoms with Crippen LogP contribution in [0.1, 0.15) is 18.4 Å². The van der Waals surface area contributed by atoms with Crippen LogP contribution < -0.4 is 5.32 Å². The second kappa shape index (κ2) is 5.83. The number of hydrogen-bond donors (Lipinski definition) is 1. The van der Waals surface area contributed by atoms with E-state index in [0.29, 0.717) is 5.92 Å². The average molecular weight is 274 g/mol. The summed E-state index contributed by atoms with van der Waals surface area (Å²) in [5.41, 5.74) is 2.33. The lowest BCUT2D eigenvalue weighted by Gasteiger charge is -2.28. The summed E-state index contributed by atoms with van der Waals surface area (Å²) in [6.07, 6.45) is 3.07. The van der Waals surface area contributed by atoms with Gasteiger partial charge in [0.05, 0.1) is 6.61 Å². The van der Waals surface area contributed by atoms with Crippen molar-refractivity contribution in [3.8, 4) is 0 Å². The van der Waals surface area contributed by atoms with Gasteiger partial charge in [0.15, 0.2) is 0 Å². The molecule has 2 aliphatic heterocycles. The standard InChI is InChI=1S/C16H22N2O2/c1-18(10-12-5-4-8-20-11-12)16(19)15-9-13-6-2-3-7-14(13)17-15/h2-3,6-7,12,15,17H,4-5,8-11H2,1H3. The molecular formula is C16H22N2O2. The van der Waals surface area contributed by atoms with Gasteiger partial charge in [-0.2, -0.15) is 0 Å². The molecule has 0 aromatic heterocycles. The molecule has 0 radical (unpaired) electrons. The van der Waals surface area contributed by atoms with E-state index in [9.17, 15) is 4.79 Å². The Balaban J connectivity index is 1.57. The lowest BCUT2D eigenvalue weighted by atomic mass is 10.0. The summed E-state index contributed by atoms with van der Waals surface area (Å²) in [4.78, 5) is 14.4. The minimum absolute atomic E-state index is 0.109. The number of para-hydroxylation sites is 1. The molecule has 1 N–H and O–H groups in total. The molecule has 1 saturated heterocycles. The van der Waals surface area contributed by atoms with Gasteiger partial charge in [-0.3, -0.25) is 4.79 Å². The van der Waals surface area contributed by atoms with Crippen molar-refractivity contribution in [2.75, 3.05) is 32.1 Å². The van der Waals surface area contributed by atoms with Crippen LogP contribution in [0.15, 0.2) is 24.3 Å². The number of anilines is 1. The summed E-state index contributed by atoms with van der Waals surface area (Å²) < 4.78 is 5.49. The second-order valence-electron chi connectivity index (χ2n) is 5.86. The van der Waals surface area contributed by atoms with E-state index in [1.807, 2.05) is 30.1 Å². The van der Waals surface area contributed by atoms with Crippen LogP contribution in [0, 0.1) is 5.92 Å². The van der Waals surface area contributed by atoms with Crippen LogP contribution in [0.25, 0.3) is 0 Å². The first-order chi connectivity index (χ1) is 9.74. The van der Waals surface area contributed by atoms with E-state index in [2.05, 4.69) is 11.4 Å². The molecule has 0 saturated carbocycles. The van der Waals surface area contributed by atoms with Gasteiger partial charge in [0.2, 0.25) is 5.91 Å². The first kappa shape index (κ1) is 13.4. The highest BCUT2D eigenvalue weighted by Crippen LogP contribution is 2.26. The van der Waals surface area contributed by atoms with E-state index in [4.69, 9.17) is 4.74 Å². The molecule has 0 aliphatic carbocycles. The van der Waals surface area contributed by atoms with Crippen molar-refractivity contribution in [1.82, 2.24) is 4.90 Å². The van der Waals surface area contributed by atoms with Crippen molar-refractivity contribution in [1.29, 1.82) is 0 Å². The Morgan fingerprint density at radius 3 is 3.05 bits per heavy atom. The maximum atomic E-state index is 12.5. The molecule has 0 bridgehead atoms. The fourth-order valence-corrected chi connectivity index (χ4v) is 3.14. The summed E-state index contributed by atoms with van der Waals surface area (Å²) in [6.45, 7) is 2.46. The van der Waals surface area contributed by atoms with Crippen LogP contribution in [0.3, 0.4) is 0 Å². The number of nitrogens with zero attached hydrogens (tertiary/aromatic N) is 1. The molecule has 2 heterocycles. The Morgan fingerprint density at radius 1 is 1.45 bits per heavy atom. The lowest BCUT2D eigenvalue weighted by molar-refractivity contribution is -0.131.